The first-order valence-corrected chi connectivity index (χ1v) is 11.6. The lowest BCUT2D eigenvalue weighted by Crippen LogP contribution is -2.22. The van der Waals surface area contributed by atoms with Crippen molar-refractivity contribution in [2.24, 2.45) is 5.73 Å². The van der Waals surface area contributed by atoms with Crippen LogP contribution in [-0.4, -0.2) is 29.4 Å². The van der Waals surface area contributed by atoms with Crippen LogP contribution in [-0.2, 0) is 0 Å². The van der Waals surface area contributed by atoms with Gasteiger partial charge in [-0.25, -0.2) is 14.5 Å². The molecule has 0 unspecified atom stereocenters. The van der Waals surface area contributed by atoms with E-state index >= 15 is 0 Å². The SMILES string of the molecule is CNc1cc(-c2ccc(C#N)c(F)c2)n(-c2ccc(C3=CNNC3)cc2)n1.NC1CCCCC1. The minimum absolute atomic E-state index is 0.0232. The lowest BCUT2D eigenvalue weighted by molar-refractivity contribution is 0.441. The number of hydrogen-bond donors (Lipinski definition) is 4. The molecule has 0 spiro atoms. The number of hydrazine groups is 1. The van der Waals surface area contributed by atoms with Crippen LogP contribution in [0.3, 0.4) is 0 Å². The van der Waals surface area contributed by atoms with Crippen LogP contribution in [0.5, 0.6) is 0 Å². The Labute approximate surface area is 199 Å². The molecule has 176 valence electrons. The van der Waals surface area contributed by atoms with Crippen molar-refractivity contribution >= 4 is 11.4 Å². The Morgan fingerprint density at radius 2 is 1.82 bits per heavy atom. The van der Waals surface area contributed by atoms with Gasteiger partial charge >= 0.3 is 0 Å². The molecule has 7 nitrogen and oxygen atoms in total. The number of nitriles is 1. The van der Waals surface area contributed by atoms with Gasteiger partial charge < -0.3 is 16.5 Å². The number of nitrogens with one attached hydrogen (secondary N) is 3. The van der Waals surface area contributed by atoms with Crippen molar-refractivity contribution in [2.75, 3.05) is 18.9 Å². The smallest absolute Gasteiger partial charge is 0.148 e. The van der Waals surface area contributed by atoms with Crippen LogP contribution in [0.25, 0.3) is 22.5 Å². The number of nitrogens with two attached hydrogens (primary N) is 1. The summed E-state index contributed by atoms with van der Waals surface area (Å²) in [5, 5.41) is 16.5. The molecule has 0 bridgehead atoms. The first-order chi connectivity index (χ1) is 16.6. The fraction of sp³-hybridized carbons (Fsp3) is 0.308. The maximum Gasteiger partial charge on any atom is 0.148 e. The summed E-state index contributed by atoms with van der Waals surface area (Å²) in [7, 11) is 1.78. The summed E-state index contributed by atoms with van der Waals surface area (Å²) < 4.78 is 15.9. The fourth-order valence-electron chi connectivity index (χ4n) is 4.14. The predicted octanol–water partition coefficient (Wildman–Crippen LogP) is 4.32. The third-order valence-corrected chi connectivity index (χ3v) is 6.11. The molecule has 1 saturated carbocycles. The summed E-state index contributed by atoms with van der Waals surface area (Å²) in [4.78, 5) is 0. The van der Waals surface area contributed by atoms with Gasteiger partial charge in [-0.15, -0.1) is 5.10 Å². The van der Waals surface area contributed by atoms with Gasteiger partial charge in [0, 0.05) is 37.5 Å². The van der Waals surface area contributed by atoms with Gasteiger partial charge in [0.25, 0.3) is 0 Å². The molecular formula is C26H30FN7. The van der Waals surface area contributed by atoms with Crippen LogP contribution in [0.2, 0.25) is 0 Å². The molecule has 1 fully saturated rings. The number of hydrogen-bond acceptors (Lipinski definition) is 6. The second-order valence-corrected chi connectivity index (χ2v) is 8.50. The van der Waals surface area contributed by atoms with Crippen LogP contribution >= 0.6 is 0 Å². The highest BCUT2D eigenvalue weighted by Crippen LogP contribution is 2.28. The van der Waals surface area contributed by atoms with Crippen LogP contribution in [0.1, 0.15) is 43.2 Å². The molecule has 0 atom stereocenters. The number of aromatic nitrogens is 2. The maximum absolute atomic E-state index is 14.1. The van der Waals surface area contributed by atoms with Crippen LogP contribution in [0.4, 0.5) is 10.2 Å². The summed E-state index contributed by atoms with van der Waals surface area (Å²) in [6.45, 7) is 0.765. The molecular weight excluding hydrogens is 429 g/mol. The van der Waals surface area contributed by atoms with E-state index in [2.05, 4.69) is 21.3 Å². The molecule has 0 saturated heterocycles. The van der Waals surface area contributed by atoms with Gasteiger partial charge in [0.1, 0.15) is 17.7 Å². The Kier molecular flexibility index (Phi) is 7.58. The Balaban J connectivity index is 0.000000336. The normalized spacial score (nSPS) is 15.5. The average Bonchev–Trinajstić information content (AvgIpc) is 3.56. The highest BCUT2D eigenvalue weighted by atomic mass is 19.1. The minimum Gasteiger partial charge on any atom is -0.372 e. The zero-order chi connectivity index (χ0) is 23.9. The van der Waals surface area contributed by atoms with E-state index in [1.165, 1.54) is 49.8 Å². The molecule has 2 heterocycles. The van der Waals surface area contributed by atoms with Crippen molar-refractivity contribution in [2.45, 2.75) is 38.1 Å². The molecule has 2 aromatic carbocycles. The fourth-order valence-corrected chi connectivity index (χ4v) is 4.14. The van der Waals surface area contributed by atoms with E-state index in [0.717, 1.165) is 23.5 Å². The molecule has 0 amide bonds. The zero-order valence-electron chi connectivity index (χ0n) is 19.3. The first-order valence-electron chi connectivity index (χ1n) is 11.6. The Morgan fingerprint density at radius 1 is 1.09 bits per heavy atom. The molecule has 5 rings (SSSR count). The summed E-state index contributed by atoms with van der Waals surface area (Å²) >= 11 is 0. The third-order valence-electron chi connectivity index (χ3n) is 6.11. The molecule has 1 aliphatic heterocycles. The highest BCUT2D eigenvalue weighted by molar-refractivity contribution is 5.70. The lowest BCUT2D eigenvalue weighted by atomic mass is 9.97. The molecule has 1 aromatic heterocycles. The van der Waals surface area contributed by atoms with Crippen molar-refractivity contribution in [3.8, 4) is 23.0 Å². The van der Waals surface area contributed by atoms with Gasteiger partial charge in [0.05, 0.1) is 16.9 Å². The molecule has 2 aliphatic rings. The van der Waals surface area contributed by atoms with Crippen molar-refractivity contribution in [3.05, 3.63) is 71.7 Å². The van der Waals surface area contributed by atoms with E-state index < -0.39 is 5.82 Å². The van der Waals surface area contributed by atoms with Crippen molar-refractivity contribution < 1.29 is 4.39 Å². The van der Waals surface area contributed by atoms with Crippen molar-refractivity contribution in [1.82, 2.24) is 20.6 Å². The van der Waals surface area contributed by atoms with E-state index in [-0.39, 0.29) is 5.56 Å². The first kappa shape index (κ1) is 23.5. The van der Waals surface area contributed by atoms with Gasteiger partial charge in [-0.3, -0.25) is 0 Å². The second-order valence-electron chi connectivity index (χ2n) is 8.50. The van der Waals surface area contributed by atoms with Crippen LogP contribution in [0, 0.1) is 17.1 Å². The quantitative estimate of drug-likeness (QED) is 0.463. The van der Waals surface area contributed by atoms with Gasteiger partial charge in [-0.2, -0.15) is 5.26 Å². The lowest BCUT2D eigenvalue weighted by Gasteiger charge is -2.15. The minimum atomic E-state index is -0.544. The van der Waals surface area contributed by atoms with E-state index in [0.29, 0.717) is 17.4 Å². The Hall–Kier alpha value is -3.67. The van der Waals surface area contributed by atoms with Crippen molar-refractivity contribution in [3.63, 3.8) is 0 Å². The summed E-state index contributed by atoms with van der Waals surface area (Å²) in [6, 6.07) is 16.8. The standard InChI is InChI=1S/C20H17FN6.C6H13N/c1-23-20-9-19(14-2-3-15(10-22)18(21)8-14)27(26-20)17-6-4-13(5-7-17)16-11-24-25-12-16;7-6-4-2-1-3-5-6/h2-9,11,24-25H,12H2,1H3,(H,23,26);6H,1-5,7H2. The summed E-state index contributed by atoms with van der Waals surface area (Å²) in [6.07, 6.45) is 8.60. The number of nitrogens with zero attached hydrogens (tertiary/aromatic N) is 3. The number of rotatable bonds is 4. The van der Waals surface area contributed by atoms with Gasteiger partial charge in [-0.05, 0) is 48.2 Å². The maximum atomic E-state index is 14.1. The van der Waals surface area contributed by atoms with E-state index in [9.17, 15) is 4.39 Å². The van der Waals surface area contributed by atoms with E-state index in [1.54, 1.807) is 17.8 Å². The number of halogens is 1. The van der Waals surface area contributed by atoms with Crippen LogP contribution in [0.15, 0.2) is 54.7 Å². The van der Waals surface area contributed by atoms with E-state index in [1.807, 2.05) is 42.6 Å². The largest absolute Gasteiger partial charge is 0.372 e. The molecule has 3 aromatic rings. The summed E-state index contributed by atoms with van der Waals surface area (Å²) in [5.41, 5.74) is 16.2. The third kappa shape index (κ3) is 5.45. The zero-order valence-corrected chi connectivity index (χ0v) is 19.3. The van der Waals surface area contributed by atoms with Gasteiger partial charge in [0.2, 0.25) is 0 Å². The van der Waals surface area contributed by atoms with Gasteiger partial charge in [0.15, 0.2) is 0 Å². The highest BCUT2D eigenvalue weighted by Gasteiger charge is 2.14. The Bertz CT molecular complexity index is 1180. The molecule has 8 heteroatoms. The molecule has 1 aliphatic carbocycles. The van der Waals surface area contributed by atoms with Crippen LogP contribution < -0.4 is 21.9 Å². The predicted molar refractivity (Wildman–Crippen MR) is 133 cm³/mol. The van der Waals surface area contributed by atoms with E-state index in [4.69, 9.17) is 11.0 Å². The van der Waals surface area contributed by atoms with Crippen molar-refractivity contribution in [1.29, 1.82) is 5.26 Å². The number of anilines is 1. The second kappa shape index (κ2) is 11.0. The summed E-state index contributed by atoms with van der Waals surface area (Å²) in [5.74, 6) is 0.128. The molecule has 34 heavy (non-hydrogen) atoms. The molecule has 0 radical (unpaired) electrons. The van der Waals surface area contributed by atoms with Gasteiger partial charge in [-0.1, -0.05) is 37.5 Å². The topological polar surface area (TPSA) is 104 Å². The molecule has 5 N–H and O–H groups in total. The number of benzene rings is 2. The monoisotopic (exact) mass is 459 g/mol. The average molecular weight is 460 g/mol. The Morgan fingerprint density at radius 3 is 2.38 bits per heavy atom.